The lowest BCUT2D eigenvalue weighted by Gasteiger charge is -2.03. The van der Waals surface area contributed by atoms with Gasteiger partial charge in [-0.2, -0.15) is 5.10 Å². The molecule has 0 aliphatic carbocycles. The second-order valence-electron chi connectivity index (χ2n) is 4.28. The first-order valence-electron chi connectivity index (χ1n) is 6.18. The first kappa shape index (κ1) is 12.2. The van der Waals surface area contributed by atoms with Crippen LogP contribution in [0.2, 0.25) is 0 Å². The first-order valence-corrected chi connectivity index (χ1v) is 6.18. The monoisotopic (exact) mass is 266 g/mol. The van der Waals surface area contributed by atoms with Crippen LogP contribution in [-0.2, 0) is 0 Å². The summed E-state index contributed by atoms with van der Waals surface area (Å²) in [7, 11) is 1.65. The first-order chi connectivity index (χ1) is 9.83. The van der Waals surface area contributed by atoms with E-state index in [0.717, 1.165) is 28.3 Å². The molecule has 20 heavy (non-hydrogen) atoms. The summed E-state index contributed by atoms with van der Waals surface area (Å²) in [5, 5.41) is 3.57. The Morgan fingerprint density at radius 3 is 2.70 bits per heavy atom. The molecule has 0 atom stereocenters. The van der Waals surface area contributed by atoms with Crippen molar-refractivity contribution in [1.29, 1.82) is 0 Å². The quantitative estimate of drug-likeness (QED) is 0.449. The summed E-state index contributed by atoms with van der Waals surface area (Å²) in [6, 6.07) is 13.7. The highest BCUT2D eigenvalue weighted by molar-refractivity contribution is 5.88. The van der Waals surface area contributed by atoms with Crippen molar-refractivity contribution in [2.24, 2.45) is 10.9 Å². The third kappa shape index (κ3) is 1.99. The zero-order valence-electron chi connectivity index (χ0n) is 11.0. The normalized spacial score (nSPS) is 11.2. The fourth-order valence-electron chi connectivity index (χ4n) is 2.17. The van der Waals surface area contributed by atoms with Crippen molar-refractivity contribution in [3.63, 3.8) is 0 Å². The zero-order valence-corrected chi connectivity index (χ0v) is 11.0. The summed E-state index contributed by atoms with van der Waals surface area (Å²) < 4.78 is 7.18. The molecule has 0 aliphatic rings. The smallest absolute Gasteiger partial charge is 0.145 e. The van der Waals surface area contributed by atoms with E-state index in [0.29, 0.717) is 0 Å². The van der Waals surface area contributed by atoms with Gasteiger partial charge in [-0.25, -0.2) is 4.98 Å². The summed E-state index contributed by atoms with van der Waals surface area (Å²) in [6.07, 6.45) is 3.53. The van der Waals surface area contributed by atoms with Crippen molar-refractivity contribution < 1.29 is 4.74 Å². The molecule has 0 aliphatic heterocycles. The van der Waals surface area contributed by atoms with Crippen LogP contribution in [0.25, 0.3) is 16.9 Å². The zero-order chi connectivity index (χ0) is 13.9. The van der Waals surface area contributed by atoms with E-state index in [9.17, 15) is 0 Å². The predicted molar refractivity (Wildman–Crippen MR) is 79.0 cm³/mol. The van der Waals surface area contributed by atoms with E-state index in [1.54, 1.807) is 13.3 Å². The SMILES string of the molecule is COc1ccc(-c2nc(/C=N/N)c3ccccn23)cc1. The molecule has 0 spiro atoms. The van der Waals surface area contributed by atoms with E-state index in [1.807, 2.05) is 53.1 Å². The van der Waals surface area contributed by atoms with Gasteiger partial charge in [-0.15, -0.1) is 0 Å². The Labute approximate surface area is 116 Å². The minimum absolute atomic E-state index is 0.749. The molecule has 0 unspecified atom stereocenters. The maximum atomic E-state index is 5.24. The number of methoxy groups -OCH3 is 1. The number of ether oxygens (including phenoxy) is 1. The van der Waals surface area contributed by atoms with Crippen molar-refractivity contribution in [2.75, 3.05) is 7.11 Å². The minimum Gasteiger partial charge on any atom is -0.497 e. The third-order valence-corrected chi connectivity index (χ3v) is 3.12. The van der Waals surface area contributed by atoms with Gasteiger partial charge < -0.3 is 10.6 Å². The average Bonchev–Trinajstić information content (AvgIpc) is 2.87. The number of aromatic nitrogens is 2. The Kier molecular flexibility index (Phi) is 3.09. The van der Waals surface area contributed by atoms with Crippen LogP contribution in [0.1, 0.15) is 5.69 Å². The van der Waals surface area contributed by atoms with Crippen molar-refractivity contribution in [3.8, 4) is 17.1 Å². The highest BCUT2D eigenvalue weighted by atomic mass is 16.5. The number of pyridine rings is 1. The molecule has 5 nitrogen and oxygen atoms in total. The Bertz CT molecular complexity index is 759. The Morgan fingerprint density at radius 1 is 1.20 bits per heavy atom. The fourth-order valence-corrected chi connectivity index (χ4v) is 2.17. The standard InChI is InChI=1S/C15H14N4O/c1-20-12-7-5-11(6-8-12)15-18-13(10-17-16)14-4-2-3-9-19(14)15/h2-10H,16H2,1H3/b17-10+. The van der Waals surface area contributed by atoms with Crippen LogP contribution in [0.15, 0.2) is 53.8 Å². The van der Waals surface area contributed by atoms with E-state index < -0.39 is 0 Å². The molecule has 3 aromatic rings. The summed E-state index contributed by atoms with van der Waals surface area (Å²) in [5.74, 6) is 6.90. The molecule has 3 rings (SSSR count). The molecule has 0 saturated carbocycles. The van der Waals surface area contributed by atoms with E-state index in [2.05, 4.69) is 10.1 Å². The van der Waals surface area contributed by atoms with Crippen molar-refractivity contribution >= 4 is 11.7 Å². The molecule has 0 bridgehead atoms. The predicted octanol–water partition coefficient (Wildman–Crippen LogP) is 2.30. The number of hydrazone groups is 1. The van der Waals surface area contributed by atoms with Gasteiger partial charge in [0.15, 0.2) is 0 Å². The minimum atomic E-state index is 0.749. The third-order valence-electron chi connectivity index (χ3n) is 3.12. The molecule has 0 saturated heterocycles. The molecular formula is C15H14N4O. The van der Waals surface area contributed by atoms with Crippen LogP contribution in [0.5, 0.6) is 5.75 Å². The molecule has 2 N–H and O–H groups in total. The molecular weight excluding hydrogens is 252 g/mol. The summed E-state index contributed by atoms with van der Waals surface area (Å²) in [6.45, 7) is 0. The number of fused-ring (bicyclic) bond motifs is 1. The average molecular weight is 266 g/mol. The van der Waals surface area contributed by atoms with Crippen LogP contribution >= 0.6 is 0 Å². The van der Waals surface area contributed by atoms with Gasteiger partial charge in [0.2, 0.25) is 0 Å². The van der Waals surface area contributed by atoms with Gasteiger partial charge in [0.05, 0.1) is 18.8 Å². The summed E-state index contributed by atoms with van der Waals surface area (Å²) in [4.78, 5) is 4.60. The Balaban J connectivity index is 2.19. The molecule has 0 fully saturated rings. The van der Waals surface area contributed by atoms with Crippen LogP contribution in [0.3, 0.4) is 0 Å². The van der Waals surface area contributed by atoms with Gasteiger partial charge in [-0.05, 0) is 36.4 Å². The van der Waals surface area contributed by atoms with Gasteiger partial charge in [-0.3, -0.25) is 4.40 Å². The lowest BCUT2D eigenvalue weighted by molar-refractivity contribution is 0.415. The number of rotatable bonds is 3. The van der Waals surface area contributed by atoms with Crippen molar-refractivity contribution in [2.45, 2.75) is 0 Å². The second kappa shape index (κ2) is 5.05. The van der Waals surface area contributed by atoms with E-state index in [1.165, 1.54) is 0 Å². The molecule has 5 heteroatoms. The van der Waals surface area contributed by atoms with Crippen LogP contribution in [0.4, 0.5) is 0 Å². The number of nitrogens with zero attached hydrogens (tertiary/aromatic N) is 3. The summed E-state index contributed by atoms with van der Waals surface area (Å²) in [5.41, 5.74) is 2.72. The Hall–Kier alpha value is -2.82. The van der Waals surface area contributed by atoms with Crippen molar-refractivity contribution in [3.05, 3.63) is 54.4 Å². The van der Waals surface area contributed by atoms with Crippen LogP contribution in [0, 0.1) is 0 Å². The summed E-state index contributed by atoms with van der Waals surface area (Å²) >= 11 is 0. The van der Waals surface area contributed by atoms with Gasteiger partial charge in [0.1, 0.15) is 17.3 Å². The number of imidazole rings is 1. The van der Waals surface area contributed by atoms with Gasteiger partial charge in [-0.1, -0.05) is 6.07 Å². The lowest BCUT2D eigenvalue weighted by atomic mass is 10.2. The topological polar surface area (TPSA) is 64.9 Å². The molecule has 2 heterocycles. The largest absolute Gasteiger partial charge is 0.497 e. The fraction of sp³-hybridized carbons (Fsp3) is 0.0667. The second-order valence-corrected chi connectivity index (χ2v) is 4.28. The maximum absolute atomic E-state index is 5.24. The molecule has 2 aromatic heterocycles. The van der Waals surface area contributed by atoms with Crippen LogP contribution in [-0.4, -0.2) is 22.7 Å². The number of hydrogen-bond acceptors (Lipinski definition) is 4. The molecule has 0 amide bonds. The highest BCUT2D eigenvalue weighted by Gasteiger charge is 2.10. The van der Waals surface area contributed by atoms with E-state index in [4.69, 9.17) is 10.6 Å². The lowest BCUT2D eigenvalue weighted by Crippen LogP contribution is -1.89. The van der Waals surface area contributed by atoms with Crippen molar-refractivity contribution in [1.82, 2.24) is 9.38 Å². The van der Waals surface area contributed by atoms with Gasteiger partial charge in [0, 0.05) is 11.8 Å². The van der Waals surface area contributed by atoms with Gasteiger partial charge in [0.25, 0.3) is 0 Å². The molecule has 100 valence electrons. The Morgan fingerprint density at radius 2 is 2.00 bits per heavy atom. The maximum Gasteiger partial charge on any atom is 0.145 e. The van der Waals surface area contributed by atoms with E-state index >= 15 is 0 Å². The number of benzene rings is 1. The number of nitrogens with two attached hydrogens (primary N) is 1. The molecule has 1 aromatic carbocycles. The highest BCUT2D eigenvalue weighted by Crippen LogP contribution is 2.24. The van der Waals surface area contributed by atoms with Crippen LogP contribution < -0.4 is 10.6 Å². The molecule has 0 radical (unpaired) electrons. The van der Waals surface area contributed by atoms with E-state index in [-0.39, 0.29) is 0 Å². The number of hydrogen-bond donors (Lipinski definition) is 1. The van der Waals surface area contributed by atoms with Gasteiger partial charge >= 0.3 is 0 Å².